The zero-order valence-electron chi connectivity index (χ0n) is 16.9. The molecule has 1 aromatic heterocycles. The van der Waals surface area contributed by atoms with Gasteiger partial charge in [0, 0.05) is 37.6 Å². The number of hydrogen-bond acceptors (Lipinski definition) is 4. The van der Waals surface area contributed by atoms with Gasteiger partial charge in [0.2, 0.25) is 0 Å². The van der Waals surface area contributed by atoms with Gasteiger partial charge >= 0.3 is 0 Å². The number of anilines is 3. The van der Waals surface area contributed by atoms with E-state index in [1.807, 2.05) is 29.2 Å². The summed E-state index contributed by atoms with van der Waals surface area (Å²) in [6.07, 6.45) is 1.73. The number of nitrogens with zero attached hydrogens (tertiary/aromatic N) is 3. The van der Waals surface area contributed by atoms with Crippen LogP contribution in [-0.2, 0) is 0 Å². The number of pyridine rings is 1. The molecule has 5 heteroatoms. The van der Waals surface area contributed by atoms with Crippen molar-refractivity contribution < 1.29 is 4.79 Å². The average Bonchev–Trinajstić information content (AvgIpc) is 2.76. The maximum atomic E-state index is 12.8. The lowest BCUT2D eigenvalue weighted by molar-refractivity contribution is 0.0741. The fraction of sp³-hybridized carbons (Fsp3) is 0.250. The number of hydrogen-bond donors (Lipinski definition) is 1. The maximum absolute atomic E-state index is 12.8. The SMILES string of the molecule is Cc1ccc(Nc2ccc(C(=O)N3CCN(c4ccccc4)CC3)nc2)c(C)c1. The molecular weight excluding hydrogens is 360 g/mol. The Balaban J connectivity index is 1.37. The second-order valence-corrected chi connectivity index (χ2v) is 7.49. The van der Waals surface area contributed by atoms with E-state index in [0.29, 0.717) is 18.8 Å². The number of aryl methyl sites for hydroxylation is 2. The van der Waals surface area contributed by atoms with Crippen molar-refractivity contribution in [2.75, 3.05) is 36.4 Å². The molecule has 5 nitrogen and oxygen atoms in total. The minimum absolute atomic E-state index is 0.00391. The molecule has 4 rings (SSSR count). The lowest BCUT2D eigenvalue weighted by Gasteiger charge is -2.36. The molecule has 0 aliphatic carbocycles. The summed E-state index contributed by atoms with van der Waals surface area (Å²) in [6.45, 7) is 7.24. The molecule has 0 unspecified atom stereocenters. The monoisotopic (exact) mass is 386 g/mol. The van der Waals surface area contributed by atoms with Crippen molar-refractivity contribution in [1.29, 1.82) is 0 Å². The molecule has 2 aromatic carbocycles. The molecule has 1 aliphatic rings. The van der Waals surface area contributed by atoms with Gasteiger partial charge in [0.1, 0.15) is 5.69 Å². The van der Waals surface area contributed by atoms with Gasteiger partial charge in [-0.3, -0.25) is 4.79 Å². The average molecular weight is 386 g/mol. The standard InChI is InChI=1S/C24H26N4O/c1-18-8-10-22(19(2)16-18)26-20-9-11-23(25-17-20)24(29)28-14-12-27(13-15-28)21-6-4-3-5-7-21/h3-11,16-17,26H,12-15H2,1-2H3. The lowest BCUT2D eigenvalue weighted by Crippen LogP contribution is -2.49. The summed E-state index contributed by atoms with van der Waals surface area (Å²) in [6, 6.07) is 20.3. The largest absolute Gasteiger partial charge is 0.368 e. The van der Waals surface area contributed by atoms with Gasteiger partial charge in [-0.25, -0.2) is 4.98 Å². The highest BCUT2D eigenvalue weighted by Crippen LogP contribution is 2.22. The Morgan fingerprint density at radius 2 is 1.69 bits per heavy atom. The second-order valence-electron chi connectivity index (χ2n) is 7.49. The van der Waals surface area contributed by atoms with E-state index in [1.165, 1.54) is 16.8 Å². The van der Waals surface area contributed by atoms with Gasteiger partial charge in [0.05, 0.1) is 11.9 Å². The summed E-state index contributed by atoms with van der Waals surface area (Å²) in [5.41, 5.74) is 6.04. The fourth-order valence-electron chi connectivity index (χ4n) is 3.67. The van der Waals surface area contributed by atoms with Gasteiger partial charge in [-0.2, -0.15) is 0 Å². The number of carbonyl (C=O) groups is 1. The summed E-state index contributed by atoms with van der Waals surface area (Å²) in [5, 5.41) is 3.37. The van der Waals surface area contributed by atoms with Crippen molar-refractivity contribution in [3.05, 3.63) is 83.7 Å². The number of benzene rings is 2. The van der Waals surface area contributed by atoms with Crippen LogP contribution in [0.4, 0.5) is 17.1 Å². The van der Waals surface area contributed by atoms with Crippen LogP contribution in [0.3, 0.4) is 0 Å². The topological polar surface area (TPSA) is 48.5 Å². The maximum Gasteiger partial charge on any atom is 0.272 e. The summed E-state index contributed by atoms with van der Waals surface area (Å²) in [7, 11) is 0. The van der Waals surface area contributed by atoms with Crippen LogP contribution >= 0.6 is 0 Å². The quantitative estimate of drug-likeness (QED) is 0.722. The van der Waals surface area contributed by atoms with Crippen LogP contribution in [0.2, 0.25) is 0 Å². The van der Waals surface area contributed by atoms with Gasteiger partial charge in [0.15, 0.2) is 0 Å². The van der Waals surface area contributed by atoms with E-state index in [4.69, 9.17) is 0 Å². The van der Waals surface area contributed by atoms with Crippen molar-refractivity contribution in [1.82, 2.24) is 9.88 Å². The van der Waals surface area contributed by atoms with Gasteiger partial charge in [-0.05, 0) is 49.7 Å². The molecule has 3 aromatic rings. The van der Waals surface area contributed by atoms with Crippen LogP contribution in [0, 0.1) is 13.8 Å². The van der Waals surface area contributed by atoms with Crippen LogP contribution in [0.15, 0.2) is 66.9 Å². The minimum atomic E-state index is -0.00391. The highest BCUT2D eigenvalue weighted by atomic mass is 16.2. The number of para-hydroxylation sites is 1. The third-order valence-electron chi connectivity index (χ3n) is 5.33. The first-order valence-corrected chi connectivity index (χ1v) is 10.00. The van der Waals surface area contributed by atoms with Crippen molar-refractivity contribution in [3.8, 4) is 0 Å². The molecule has 1 saturated heterocycles. The fourth-order valence-corrected chi connectivity index (χ4v) is 3.67. The number of amides is 1. The van der Waals surface area contributed by atoms with E-state index in [-0.39, 0.29) is 5.91 Å². The Morgan fingerprint density at radius 1 is 0.931 bits per heavy atom. The number of nitrogens with one attached hydrogen (secondary N) is 1. The molecule has 29 heavy (non-hydrogen) atoms. The summed E-state index contributed by atoms with van der Waals surface area (Å²) in [4.78, 5) is 21.4. The summed E-state index contributed by atoms with van der Waals surface area (Å²) >= 11 is 0. The molecule has 0 bridgehead atoms. The zero-order chi connectivity index (χ0) is 20.2. The van der Waals surface area contributed by atoms with Crippen LogP contribution in [0.25, 0.3) is 0 Å². The Bertz CT molecular complexity index is 978. The third-order valence-corrected chi connectivity index (χ3v) is 5.33. The third kappa shape index (κ3) is 4.40. The molecule has 148 valence electrons. The van der Waals surface area contributed by atoms with Gasteiger partial charge in [0.25, 0.3) is 5.91 Å². The molecule has 1 amide bonds. The molecule has 1 N–H and O–H groups in total. The minimum Gasteiger partial charge on any atom is -0.368 e. The van der Waals surface area contributed by atoms with E-state index in [2.05, 4.69) is 59.4 Å². The van der Waals surface area contributed by atoms with E-state index >= 15 is 0 Å². The predicted octanol–water partition coefficient (Wildman–Crippen LogP) is 4.40. The van der Waals surface area contributed by atoms with E-state index in [9.17, 15) is 4.79 Å². The zero-order valence-corrected chi connectivity index (χ0v) is 16.9. The molecule has 1 aliphatic heterocycles. The van der Waals surface area contributed by atoms with Gasteiger partial charge in [-0.15, -0.1) is 0 Å². The van der Waals surface area contributed by atoms with Gasteiger partial charge < -0.3 is 15.1 Å². The number of aromatic nitrogens is 1. The highest BCUT2D eigenvalue weighted by molar-refractivity contribution is 5.92. The molecule has 1 fully saturated rings. The summed E-state index contributed by atoms with van der Waals surface area (Å²) < 4.78 is 0. The molecule has 0 atom stereocenters. The Labute approximate surface area is 172 Å². The first-order valence-electron chi connectivity index (χ1n) is 10.00. The van der Waals surface area contributed by atoms with E-state index in [1.54, 1.807) is 12.3 Å². The molecule has 0 saturated carbocycles. The number of carbonyl (C=O) groups excluding carboxylic acids is 1. The molecule has 2 heterocycles. The van der Waals surface area contributed by atoms with Crippen LogP contribution < -0.4 is 10.2 Å². The number of piperazine rings is 1. The normalized spacial score (nSPS) is 14.0. The van der Waals surface area contributed by atoms with E-state index in [0.717, 1.165) is 24.5 Å². The Hall–Kier alpha value is -3.34. The van der Waals surface area contributed by atoms with Gasteiger partial charge in [-0.1, -0.05) is 35.9 Å². The molecule has 0 spiro atoms. The smallest absolute Gasteiger partial charge is 0.272 e. The number of rotatable bonds is 4. The lowest BCUT2D eigenvalue weighted by atomic mass is 10.1. The van der Waals surface area contributed by atoms with Crippen LogP contribution in [-0.4, -0.2) is 42.0 Å². The van der Waals surface area contributed by atoms with Crippen molar-refractivity contribution >= 4 is 23.0 Å². The van der Waals surface area contributed by atoms with E-state index < -0.39 is 0 Å². The molecular formula is C24H26N4O. The predicted molar refractivity (Wildman–Crippen MR) is 118 cm³/mol. The van der Waals surface area contributed by atoms with Crippen LogP contribution in [0.1, 0.15) is 21.6 Å². The first kappa shape index (κ1) is 19.0. The van der Waals surface area contributed by atoms with Crippen molar-refractivity contribution in [3.63, 3.8) is 0 Å². The Morgan fingerprint density at radius 3 is 2.34 bits per heavy atom. The highest BCUT2D eigenvalue weighted by Gasteiger charge is 2.23. The second kappa shape index (κ2) is 8.35. The Kier molecular flexibility index (Phi) is 5.47. The van der Waals surface area contributed by atoms with Crippen molar-refractivity contribution in [2.24, 2.45) is 0 Å². The van der Waals surface area contributed by atoms with Crippen LogP contribution in [0.5, 0.6) is 0 Å². The van der Waals surface area contributed by atoms with Crippen molar-refractivity contribution in [2.45, 2.75) is 13.8 Å². The summed E-state index contributed by atoms with van der Waals surface area (Å²) in [5.74, 6) is -0.00391. The first-order chi connectivity index (χ1) is 14.1. The molecule has 0 radical (unpaired) electrons.